The molecule has 4 heteroatoms. The Hall–Kier alpha value is -0.610. The number of amides is 1. The number of hydrogen-bond donors (Lipinski definition) is 2. The van der Waals surface area contributed by atoms with Gasteiger partial charge >= 0.3 is 0 Å². The van der Waals surface area contributed by atoms with Crippen LogP contribution < -0.4 is 5.32 Å². The molecule has 1 aliphatic carbocycles. The second-order valence-corrected chi connectivity index (χ2v) is 6.23. The average molecular weight is 270 g/mol. The zero-order valence-electron chi connectivity index (χ0n) is 12.9. The van der Waals surface area contributed by atoms with E-state index in [9.17, 15) is 4.79 Å². The molecule has 112 valence electrons. The molecule has 1 fully saturated rings. The third kappa shape index (κ3) is 5.11. The maximum Gasteiger partial charge on any atom is 0.234 e. The highest BCUT2D eigenvalue weighted by Crippen LogP contribution is 2.29. The summed E-state index contributed by atoms with van der Waals surface area (Å²) in [6.45, 7) is 9.65. The molecule has 0 saturated heterocycles. The minimum absolute atomic E-state index is 0.0908. The summed E-state index contributed by atoms with van der Waals surface area (Å²) >= 11 is 0. The molecule has 0 spiro atoms. The maximum absolute atomic E-state index is 12.1. The summed E-state index contributed by atoms with van der Waals surface area (Å²) in [5.41, 5.74) is 0. The summed E-state index contributed by atoms with van der Waals surface area (Å²) < 4.78 is 0. The van der Waals surface area contributed by atoms with E-state index in [1.165, 1.54) is 12.8 Å². The van der Waals surface area contributed by atoms with Gasteiger partial charge in [-0.15, -0.1) is 0 Å². The quantitative estimate of drug-likeness (QED) is 0.771. The number of carbonyl (C=O) groups excluding carboxylic acids is 1. The van der Waals surface area contributed by atoms with Gasteiger partial charge in [0.05, 0.1) is 13.2 Å². The van der Waals surface area contributed by atoms with E-state index in [1.807, 2.05) is 18.7 Å². The molecule has 3 unspecified atom stereocenters. The van der Waals surface area contributed by atoms with Crippen molar-refractivity contribution in [3.05, 3.63) is 0 Å². The van der Waals surface area contributed by atoms with Crippen LogP contribution in [0, 0.1) is 11.8 Å². The Morgan fingerprint density at radius 3 is 2.63 bits per heavy atom. The number of rotatable bonds is 6. The molecule has 0 heterocycles. The van der Waals surface area contributed by atoms with Gasteiger partial charge in [-0.2, -0.15) is 0 Å². The van der Waals surface area contributed by atoms with Gasteiger partial charge < -0.3 is 10.4 Å². The Morgan fingerprint density at radius 1 is 1.37 bits per heavy atom. The predicted molar refractivity (Wildman–Crippen MR) is 77.9 cm³/mol. The second-order valence-electron chi connectivity index (χ2n) is 6.23. The molecule has 3 atom stereocenters. The Kier molecular flexibility index (Phi) is 6.80. The number of aliphatic hydroxyl groups excluding tert-OH is 1. The van der Waals surface area contributed by atoms with Crippen molar-refractivity contribution in [2.45, 2.75) is 59.0 Å². The van der Waals surface area contributed by atoms with E-state index in [-0.39, 0.29) is 18.6 Å². The first-order valence-electron chi connectivity index (χ1n) is 7.60. The molecule has 2 N–H and O–H groups in total. The van der Waals surface area contributed by atoms with Crippen molar-refractivity contribution in [3.63, 3.8) is 0 Å². The predicted octanol–water partition coefficient (Wildman–Crippen LogP) is 1.63. The van der Waals surface area contributed by atoms with Crippen LogP contribution in [0.15, 0.2) is 0 Å². The molecule has 0 radical (unpaired) electrons. The van der Waals surface area contributed by atoms with Crippen molar-refractivity contribution in [2.75, 3.05) is 19.7 Å². The fourth-order valence-electron chi connectivity index (χ4n) is 2.87. The van der Waals surface area contributed by atoms with Gasteiger partial charge in [-0.05, 0) is 32.1 Å². The van der Waals surface area contributed by atoms with Gasteiger partial charge in [-0.3, -0.25) is 9.69 Å². The highest BCUT2D eigenvalue weighted by Gasteiger charge is 2.28. The Morgan fingerprint density at radius 2 is 2.05 bits per heavy atom. The van der Waals surface area contributed by atoms with Crippen LogP contribution in [0.1, 0.15) is 47.0 Å². The first kappa shape index (κ1) is 16.4. The lowest BCUT2D eigenvalue weighted by atomic mass is 9.78. The van der Waals surface area contributed by atoms with Gasteiger partial charge in [0.25, 0.3) is 0 Å². The number of nitrogens with one attached hydrogen (secondary N) is 1. The molecular formula is C15H30N2O2. The highest BCUT2D eigenvalue weighted by molar-refractivity contribution is 5.78. The van der Waals surface area contributed by atoms with Crippen LogP contribution in [-0.4, -0.2) is 47.7 Å². The van der Waals surface area contributed by atoms with Crippen LogP contribution in [0.25, 0.3) is 0 Å². The lowest BCUT2D eigenvalue weighted by molar-refractivity contribution is -0.124. The third-order valence-electron chi connectivity index (χ3n) is 4.52. The Balaban J connectivity index is 2.45. The number of nitrogens with zero attached hydrogens (tertiary/aromatic N) is 1. The standard InChI is InChI=1S/C15H30N2O2/c1-11(2)17(8-9-18)10-15(19)16-14-7-5-6-12(3)13(14)4/h11-14,18H,5-10H2,1-4H3,(H,16,19). The molecular weight excluding hydrogens is 240 g/mol. The zero-order chi connectivity index (χ0) is 14.4. The summed E-state index contributed by atoms with van der Waals surface area (Å²) in [6, 6.07) is 0.597. The molecule has 0 bridgehead atoms. The summed E-state index contributed by atoms with van der Waals surface area (Å²) in [5, 5.41) is 12.2. The fraction of sp³-hybridized carbons (Fsp3) is 0.933. The SMILES string of the molecule is CC1CCCC(NC(=O)CN(CCO)C(C)C)C1C. The highest BCUT2D eigenvalue weighted by atomic mass is 16.3. The van der Waals surface area contributed by atoms with Crippen molar-refractivity contribution >= 4 is 5.91 Å². The minimum atomic E-state index is 0.0908. The fourth-order valence-corrected chi connectivity index (χ4v) is 2.87. The van der Waals surface area contributed by atoms with E-state index in [0.717, 1.165) is 6.42 Å². The lowest BCUT2D eigenvalue weighted by Gasteiger charge is -2.35. The molecule has 1 saturated carbocycles. The summed E-state index contributed by atoms with van der Waals surface area (Å²) in [6.07, 6.45) is 3.58. The summed E-state index contributed by atoms with van der Waals surface area (Å²) in [7, 11) is 0. The monoisotopic (exact) mass is 270 g/mol. The third-order valence-corrected chi connectivity index (χ3v) is 4.52. The van der Waals surface area contributed by atoms with Crippen LogP contribution in [0.3, 0.4) is 0 Å². The second kappa shape index (κ2) is 7.85. The number of aliphatic hydroxyl groups is 1. The van der Waals surface area contributed by atoms with Crippen molar-refractivity contribution in [3.8, 4) is 0 Å². The maximum atomic E-state index is 12.1. The topological polar surface area (TPSA) is 52.6 Å². The van der Waals surface area contributed by atoms with Gasteiger partial charge in [-0.25, -0.2) is 0 Å². The van der Waals surface area contributed by atoms with Gasteiger partial charge in [0, 0.05) is 18.6 Å². The van der Waals surface area contributed by atoms with Crippen LogP contribution in [0.5, 0.6) is 0 Å². The molecule has 0 aromatic rings. The summed E-state index contributed by atoms with van der Waals surface area (Å²) in [5.74, 6) is 1.34. The molecule has 1 amide bonds. The van der Waals surface area contributed by atoms with Gasteiger partial charge in [-0.1, -0.05) is 26.7 Å². The summed E-state index contributed by atoms with van der Waals surface area (Å²) in [4.78, 5) is 14.1. The molecule has 4 nitrogen and oxygen atoms in total. The van der Waals surface area contributed by atoms with E-state index < -0.39 is 0 Å². The molecule has 19 heavy (non-hydrogen) atoms. The van der Waals surface area contributed by atoms with Gasteiger partial charge in [0.2, 0.25) is 5.91 Å². The lowest BCUT2D eigenvalue weighted by Crippen LogP contribution is -2.48. The number of carbonyl (C=O) groups is 1. The van der Waals surface area contributed by atoms with Crippen molar-refractivity contribution in [2.24, 2.45) is 11.8 Å². The smallest absolute Gasteiger partial charge is 0.234 e. The van der Waals surface area contributed by atoms with Gasteiger partial charge in [0.15, 0.2) is 0 Å². The van der Waals surface area contributed by atoms with E-state index in [2.05, 4.69) is 19.2 Å². The first-order chi connectivity index (χ1) is 8.95. The van der Waals surface area contributed by atoms with Crippen molar-refractivity contribution in [1.29, 1.82) is 0 Å². The normalized spacial score (nSPS) is 27.8. The van der Waals surface area contributed by atoms with Crippen LogP contribution in [-0.2, 0) is 4.79 Å². The van der Waals surface area contributed by atoms with Crippen LogP contribution >= 0.6 is 0 Å². The van der Waals surface area contributed by atoms with Crippen LogP contribution in [0.4, 0.5) is 0 Å². The van der Waals surface area contributed by atoms with E-state index >= 15 is 0 Å². The molecule has 0 aliphatic heterocycles. The average Bonchev–Trinajstić information content (AvgIpc) is 2.34. The largest absolute Gasteiger partial charge is 0.395 e. The van der Waals surface area contributed by atoms with E-state index in [4.69, 9.17) is 5.11 Å². The van der Waals surface area contributed by atoms with Crippen molar-refractivity contribution < 1.29 is 9.90 Å². The van der Waals surface area contributed by atoms with E-state index in [0.29, 0.717) is 31.0 Å². The Labute approximate surface area is 117 Å². The van der Waals surface area contributed by atoms with Gasteiger partial charge in [0.1, 0.15) is 0 Å². The number of hydrogen-bond acceptors (Lipinski definition) is 3. The van der Waals surface area contributed by atoms with Crippen LogP contribution in [0.2, 0.25) is 0 Å². The van der Waals surface area contributed by atoms with Crippen molar-refractivity contribution in [1.82, 2.24) is 10.2 Å². The minimum Gasteiger partial charge on any atom is -0.395 e. The first-order valence-corrected chi connectivity index (χ1v) is 7.60. The zero-order valence-corrected chi connectivity index (χ0v) is 12.9. The molecule has 0 aromatic carbocycles. The molecule has 1 aliphatic rings. The molecule has 1 rings (SSSR count). The Bertz CT molecular complexity index is 281. The van der Waals surface area contributed by atoms with E-state index in [1.54, 1.807) is 0 Å². The molecule has 0 aromatic heterocycles.